The van der Waals surface area contributed by atoms with Crippen LogP contribution in [0, 0.1) is 6.92 Å². The third-order valence-corrected chi connectivity index (χ3v) is 3.88. The monoisotopic (exact) mass is 267 g/mol. The summed E-state index contributed by atoms with van der Waals surface area (Å²) in [5, 5.41) is 3.43. The van der Waals surface area contributed by atoms with Gasteiger partial charge in [-0.25, -0.2) is 0 Å². The van der Waals surface area contributed by atoms with Crippen molar-refractivity contribution in [3.05, 3.63) is 70.8 Å². The van der Waals surface area contributed by atoms with Crippen molar-refractivity contribution in [1.82, 2.24) is 5.32 Å². The summed E-state index contributed by atoms with van der Waals surface area (Å²) < 4.78 is 0. The van der Waals surface area contributed by atoms with E-state index < -0.39 is 0 Å². The molecule has 0 spiro atoms. The lowest BCUT2D eigenvalue weighted by Gasteiger charge is -2.18. The van der Waals surface area contributed by atoms with E-state index in [9.17, 15) is 0 Å². The fourth-order valence-electron chi connectivity index (χ4n) is 2.55. The first kappa shape index (κ1) is 14.8. The molecular formula is C19H25N. The van der Waals surface area contributed by atoms with E-state index in [1.165, 1.54) is 22.3 Å². The van der Waals surface area contributed by atoms with Crippen LogP contribution in [-0.2, 0) is 6.42 Å². The Kier molecular flexibility index (Phi) is 4.97. The van der Waals surface area contributed by atoms with E-state index in [0.29, 0.717) is 12.0 Å². The minimum atomic E-state index is 0.375. The molecule has 20 heavy (non-hydrogen) atoms. The Bertz CT molecular complexity index is 540. The Morgan fingerprint density at radius 2 is 1.65 bits per heavy atom. The Morgan fingerprint density at radius 3 is 2.20 bits per heavy atom. The lowest BCUT2D eigenvalue weighted by molar-refractivity contribution is 0.591. The summed E-state index contributed by atoms with van der Waals surface area (Å²) in [6.45, 7) is 6.62. The second-order valence-electron chi connectivity index (χ2n) is 5.86. The van der Waals surface area contributed by atoms with Crippen molar-refractivity contribution in [3.8, 4) is 0 Å². The molecule has 0 saturated heterocycles. The van der Waals surface area contributed by atoms with Gasteiger partial charge in [-0.2, -0.15) is 0 Å². The summed E-state index contributed by atoms with van der Waals surface area (Å²) >= 11 is 0. The zero-order valence-electron chi connectivity index (χ0n) is 13.0. The van der Waals surface area contributed by atoms with Crippen LogP contribution in [-0.4, -0.2) is 7.05 Å². The van der Waals surface area contributed by atoms with E-state index in [2.05, 4.69) is 74.6 Å². The van der Waals surface area contributed by atoms with Crippen molar-refractivity contribution in [2.75, 3.05) is 7.05 Å². The van der Waals surface area contributed by atoms with Gasteiger partial charge in [0.25, 0.3) is 0 Å². The van der Waals surface area contributed by atoms with Crippen molar-refractivity contribution in [2.24, 2.45) is 0 Å². The third kappa shape index (κ3) is 3.71. The second kappa shape index (κ2) is 6.71. The van der Waals surface area contributed by atoms with Crippen LogP contribution < -0.4 is 5.32 Å². The maximum Gasteiger partial charge on any atom is 0.0358 e. The highest BCUT2D eigenvalue weighted by Crippen LogP contribution is 2.21. The molecule has 0 aliphatic heterocycles. The SMILES string of the molecule is CNC(Cc1ccc(C(C)C)cc1)c1cccc(C)c1. The zero-order chi connectivity index (χ0) is 14.5. The van der Waals surface area contributed by atoms with Gasteiger partial charge in [0.2, 0.25) is 0 Å². The maximum atomic E-state index is 3.43. The van der Waals surface area contributed by atoms with Crippen LogP contribution in [0.4, 0.5) is 0 Å². The lowest BCUT2D eigenvalue weighted by Crippen LogP contribution is -2.18. The summed E-state index contributed by atoms with van der Waals surface area (Å²) in [6.07, 6.45) is 1.03. The molecule has 0 radical (unpaired) electrons. The van der Waals surface area contributed by atoms with E-state index in [1.54, 1.807) is 0 Å². The van der Waals surface area contributed by atoms with Gasteiger partial charge in [-0.3, -0.25) is 0 Å². The average Bonchev–Trinajstić information content (AvgIpc) is 2.45. The standard InChI is InChI=1S/C19H25N/c1-14(2)17-10-8-16(9-11-17)13-19(20-4)18-7-5-6-15(3)12-18/h5-12,14,19-20H,13H2,1-4H3. The molecule has 1 unspecified atom stereocenters. The molecule has 0 bridgehead atoms. The zero-order valence-corrected chi connectivity index (χ0v) is 13.0. The predicted octanol–water partition coefficient (Wildman–Crippen LogP) is 4.62. The first-order valence-electron chi connectivity index (χ1n) is 7.43. The predicted molar refractivity (Wildman–Crippen MR) is 87.2 cm³/mol. The number of hydrogen-bond acceptors (Lipinski definition) is 1. The molecule has 0 aliphatic carbocycles. The lowest BCUT2D eigenvalue weighted by atomic mass is 9.95. The highest BCUT2D eigenvalue weighted by molar-refractivity contribution is 5.29. The van der Waals surface area contributed by atoms with Gasteiger partial charge in [0.1, 0.15) is 0 Å². The van der Waals surface area contributed by atoms with Gasteiger partial charge in [0.15, 0.2) is 0 Å². The molecule has 1 heteroatoms. The van der Waals surface area contributed by atoms with Crippen molar-refractivity contribution >= 4 is 0 Å². The fourth-order valence-corrected chi connectivity index (χ4v) is 2.55. The first-order valence-corrected chi connectivity index (χ1v) is 7.43. The Labute approximate surface area is 123 Å². The average molecular weight is 267 g/mol. The van der Waals surface area contributed by atoms with Gasteiger partial charge in [-0.1, -0.05) is 67.9 Å². The third-order valence-electron chi connectivity index (χ3n) is 3.88. The second-order valence-corrected chi connectivity index (χ2v) is 5.86. The maximum absolute atomic E-state index is 3.43. The number of benzene rings is 2. The molecule has 106 valence electrons. The summed E-state index contributed by atoms with van der Waals surface area (Å²) in [4.78, 5) is 0. The van der Waals surface area contributed by atoms with Crippen LogP contribution in [0.2, 0.25) is 0 Å². The summed E-state index contributed by atoms with van der Waals surface area (Å²) in [5.41, 5.74) is 5.47. The van der Waals surface area contributed by atoms with Gasteiger partial charge < -0.3 is 5.32 Å². The Morgan fingerprint density at radius 1 is 0.950 bits per heavy atom. The van der Waals surface area contributed by atoms with E-state index in [4.69, 9.17) is 0 Å². The molecule has 0 aliphatic rings. The van der Waals surface area contributed by atoms with Crippen molar-refractivity contribution < 1.29 is 0 Å². The molecule has 0 aromatic heterocycles. The number of rotatable bonds is 5. The van der Waals surface area contributed by atoms with Crippen molar-refractivity contribution in [1.29, 1.82) is 0 Å². The van der Waals surface area contributed by atoms with Crippen LogP contribution in [0.5, 0.6) is 0 Å². The summed E-state index contributed by atoms with van der Waals surface area (Å²) in [7, 11) is 2.04. The molecule has 2 aromatic carbocycles. The molecule has 2 aromatic rings. The molecule has 1 N–H and O–H groups in total. The van der Waals surface area contributed by atoms with Crippen LogP contribution >= 0.6 is 0 Å². The van der Waals surface area contributed by atoms with Gasteiger partial charge in [0.05, 0.1) is 0 Å². The molecule has 0 heterocycles. The van der Waals surface area contributed by atoms with E-state index >= 15 is 0 Å². The van der Waals surface area contributed by atoms with Crippen LogP contribution in [0.1, 0.15) is 48.1 Å². The quantitative estimate of drug-likeness (QED) is 0.833. The number of nitrogens with one attached hydrogen (secondary N) is 1. The Balaban J connectivity index is 2.14. The number of aryl methyl sites for hydroxylation is 1. The molecule has 1 nitrogen and oxygen atoms in total. The van der Waals surface area contributed by atoms with Gasteiger partial charge in [-0.15, -0.1) is 0 Å². The topological polar surface area (TPSA) is 12.0 Å². The van der Waals surface area contributed by atoms with Crippen molar-refractivity contribution in [2.45, 2.75) is 39.2 Å². The number of likely N-dealkylation sites (N-methyl/N-ethyl adjacent to an activating group) is 1. The molecule has 1 atom stereocenters. The minimum absolute atomic E-state index is 0.375. The van der Waals surface area contributed by atoms with Gasteiger partial charge >= 0.3 is 0 Å². The van der Waals surface area contributed by atoms with E-state index in [1.807, 2.05) is 7.05 Å². The summed E-state index contributed by atoms with van der Waals surface area (Å²) in [6, 6.07) is 18.2. The highest BCUT2D eigenvalue weighted by Gasteiger charge is 2.10. The Hall–Kier alpha value is -1.60. The van der Waals surface area contributed by atoms with Crippen molar-refractivity contribution in [3.63, 3.8) is 0 Å². The van der Waals surface area contributed by atoms with E-state index in [-0.39, 0.29) is 0 Å². The van der Waals surface area contributed by atoms with Crippen LogP contribution in [0.3, 0.4) is 0 Å². The molecule has 0 amide bonds. The smallest absolute Gasteiger partial charge is 0.0358 e. The largest absolute Gasteiger partial charge is 0.313 e. The molecular weight excluding hydrogens is 242 g/mol. The van der Waals surface area contributed by atoms with Crippen LogP contribution in [0.15, 0.2) is 48.5 Å². The van der Waals surface area contributed by atoms with Gasteiger partial charge in [-0.05, 0) is 43.0 Å². The van der Waals surface area contributed by atoms with Crippen LogP contribution in [0.25, 0.3) is 0 Å². The normalized spacial score (nSPS) is 12.7. The van der Waals surface area contributed by atoms with Gasteiger partial charge in [0, 0.05) is 6.04 Å². The molecule has 0 fully saturated rings. The highest BCUT2D eigenvalue weighted by atomic mass is 14.9. The molecule has 0 saturated carbocycles. The summed E-state index contributed by atoms with van der Waals surface area (Å²) in [5.74, 6) is 0.598. The number of hydrogen-bond donors (Lipinski definition) is 1. The van der Waals surface area contributed by atoms with E-state index in [0.717, 1.165) is 6.42 Å². The minimum Gasteiger partial charge on any atom is -0.313 e. The fraction of sp³-hybridized carbons (Fsp3) is 0.368. The molecule has 2 rings (SSSR count). The first-order chi connectivity index (χ1) is 9.60.